The van der Waals surface area contributed by atoms with E-state index in [-0.39, 0.29) is 6.04 Å². The molecule has 6 heteroatoms. The van der Waals surface area contributed by atoms with Crippen LogP contribution in [-0.2, 0) is 10.2 Å². The number of hydrogen-bond donors (Lipinski definition) is 1. The Labute approximate surface area is 130 Å². The van der Waals surface area contributed by atoms with Crippen LogP contribution in [0.1, 0.15) is 51.9 Å². The largest absolute Gasteiger partial charge is 0.316 e. The number of nitrogens with one attached hydrogen (secondary N) is 1. The van der Waals surface area contributed by atoms with Crippen LogP contribution in [0.4, 0.5) is 0 Å². The average molecular weight is 317 g/mol. The van der Waals surface area contributed by atoms with Gasteiger partial charge in [-0.1, -0.05) is 19.8 Å². The second kappa shape index (κ2) is 7.90. The third-order valence-electron chi connectivity index (χ3n) is 4.87. The molecule has 1 N–H and O–H groups in total. The van der Waals surface area contributed by atoms with E-state index in [2.05, 4.69) is 12.2 Å². The van der Waals surface area contributed by atoms with Crippen molar-refractivity contribution in [2.24, 2.45) is 5.92 Å². The normalized spacial score (nSPS) is 25.8. The van der Waals surface area contributed by atoms with E-state index in [1.807, 2.05) is 0 Å². The monoisotopic (exact) mass is 317 g/mol. The topological polar surface area (TPSA) is 52.7 Å². The maximum absolute atomic E-state index is 12.8. The summed E-state index contributed by atoms with van der Waals surface area (Å²) in [4.78, 5) is 0. The molecule has 0 bridgehead atoms. The van der Waals surface area contributed by atoms with Crippen molar-refractivity contribution in [3.8, 4) is 0 Å². The highest BCUT2D eigenvalue weighted by Crippen LogP contribution is 2.27. The molecule has 0 radical (unpaired) electrons. The van der Waals surface area contributed by atoms with Crippen molar-refractivity contribution < 1.29 is 8.42 Å². The first-order chi connectivity index (χ1) is 10.1. The number of nitrogens with zero attached hydrogens (tertiary/aromatic N) is 2. The molecule has 2 fully saturated rings. The van der Waals surface area contributed by atoms with Gasteiger partial charge in [-0.25, -0.2) is 0 Å². The van der Waals surface area contributed by atoms with Gasteiger partial charge in [0, 0.05) is 26.2 Å². The van der Waals surface area contributed by atoms with E-state index in [0.717, 1.165) is 58.0 Å². The van der Waals surface area contributed by atoms with Crippen molar-refractivity contribution in [2.45, 2.75) is 57.9 Å². The van der Waals surface area contributed by atoms with Gasteiger partial charge in [0.15, 0.2) is 0 Å². The lowest BCUT2D eigenvalue weighted by molar-refractivity contribution is 0.237. The van der Waals surface area contributed by atoms with E-state index in [9.17, 15) is 8.42 Å². The minimum absolute atomic E-state index is 0.216. The lowest BCUT2D eigenvalue weighted by Crippen LogP contribution is -2.50. The van der Waals surface area contributed by atoms with Crippen molar-refractivity contribution in [1.82, 2.24) is 13.9 Å². The summed E-state index contributed by atoms with van der Waals surface area (Å²) in [6.45, 7) is 5.47. The summed E-state index contributed by atoms with van der Waals surface area (Å²) in [5.41, 5.74) is 0. The zero-order valence-corrected chi connectivity index (χ0v) is 14.4. The van der Waals surface area contributed by atoms with E-state index in [0.29, 0.717) is 19.0 Å². The van der Waals surface area contributed by atoms with Crippen molar-refractivity contribution in [3.63, 3.8) is 0 Å². The van der Waals surface area contributed by atoms with Crippen molar-refractivity contribution >= 4 is 10.2 Å². The lowest BCUT2D eigenvalue weighted by atomic mass is 10.00. The Balaban J connectivity index is 1.92. The van der Waals surface area contributed by atoms with Gasteiger partial charge in [-0.15, -0.1) is 0 Å². The molecule has 21 heavy (non-hydrogen) atoms. The van der Waals surface area contributed by atoms with Gasteiger partial charge in [-0.05, 0) is 51.1 Å². The van der Waals surface area contributed by atoms with E-state index >= 15 is 0 Å². The minimum Gasteiger partial charge on any atom is -0.316 e. The summed E-state index contributed by atoms with van der Waals surface area (Å²) in [5, 5.41) is 3.43. The summed E-state index contributed by atoms with van der Waals surface area (Å²) in [7, 11) is -1.50. The molecule has 0 aromatic rings. The second-order valence-electron chi connectivity index (χ2n) is 6.53. The van der Waals surface area contributed by atoms with E-state index < -0.39 is 10.2 Å². The molecule has 124 valence electrons. The zero-order valence-electron chi connectivity index (χ0n) is 13.6. The molecule has 0 aromatic carbocycles. The Morgan fingerprint density at radius 1 is 1.19 bits per heavy atom. The molecule has 1 unspecified atom stereocenters. The Hall–Kier alpha value is -0.170. The van der Waals surface area contributed by atoms with Gasteiger partial charge in [-0.3, -0.25) is 0 Å². The fourth-order valence-corrected chi connectivity index (χ4v) is 5.24. The molecule has 2 aliphatic rings. The highest BCUT2D eigenvalue weighted by atomic mass is 32.2. The summed E-state index contributed by atoms with van der Waals surface area (Å²) in [6.07, 6.45) is 7.60. The number of rotatable bonds is 7. The van der Waals surface area contributed by atoms with Gasteiger partial charge >= 0.3 is 0 Å². The first kappa shape index (κ1) is 17.2. The molecular weight excluding hydrogens is 286 g/mol. The van der Waals surface area contributed by atoms with Crippen LogP contribution in [0, 0.1) is 5.92 Å². The number of hydrogen-bond acceptors (Lipinski definition) is 3. The van der Waals surface area contributed by atoms with Gasteiger partial charge in [0.05, 0.1) is 0 Å². The molecule has 2 rings (SSSR count). The van der Waals surface area contributed by atoms with E-state index in [4.69, 9.17) is 0 Å². The van der Waals surface area contributed by atoms with Gasteiger partial charge in [0.1, 0.15) is 0 Å². The maximum atomic E-state index is 12.8. The van der Waals surface area contributed by atoms with Gasteiger partial charge in [0.25, 0.3) is 10.2 Å². The number of piperidine rings is 1. The molecule has 0 spiro atoms. The Bertz CT molecular complexity index is 407. The molecule has 1 heterocycles. The third-order valence-corrected chi connectivity index (χ3v) is 6.88. The predicted octanol–water partition coefficient (Wildman–Crippen LogP) is 1.82. The Kier molecular flexibility index (Phi) is 6.47. The first-order valence-corrected chi connectivity index (χ1v) is 9.89. The fourth-order valence-electron chi connectivity index (χ4n) is 3.52. The quantitative estimate of drug-likeness (QED) is 0.729. The van der Waals surface area contributed by atoms with Crippen LogP contribution in [0.25, 0.3) is 0 Å². The zero-order chi connectivity index (χ0) is 15.3. The van der Waals surface area contributed by atoms with Crippen molar-refractivity contribution in [1.29, 1.82) is 0 Å². The van der Waals surface area contributed by atoms with Crippen LogP contribution >= 0.6 is 0 Å². The molecule has 1 saturated carbocycles. The van der Waals surface area contributed by atoms with Crippen molar-refractivity contribution in [2.75, 3.05) is 33.2 Å². The predicted molar refractivity (Wildman–Crippen MR) is 86.4 cm³/mol. The third kappa shape index (κ3) is 4.41. The van der Waals surface area contributed by atoms with Crippen molar-refractivity contribution in [3.05, 3.63) is 0 Å². The molecule has 1 atom stereocenters. The summed E-state index contributed by atoms with van der Waals surface area (Å²) in [6, 6.07) is 0.216. The van der Waals surface area contributed by atoms with Crippen LogP contribution in [-0.4, -0.2) is 56.3 Å². The smallest absolute Gasteiger partial charge is 0.281 e. The highest BCUT2D eigenvalue weighted by Gasteiger charge is 2.35. The summed E-state index contributed by atoms with van der Waals surface area (Å²) in [5.74, 6) is 0.456. The molecule has 1 aliphatic heterocycles. The van der Waals surface area contributed by atoms with E-state index in [1.54, 1.807) is 15.7 Å². The molecular formula is C15H31N3O2S. The van der Waals surface area contributed by atoms with Gasteiger partial charge in [-0.2, -0.15) is 17.0 Å². The standard InChI is InChI=1S/C15H31N3O2S/c1-3-10-16-12-14-7-6-11-18(13-14)21(19,20)17(2)15-8-4-5-9-15/h14-16H,3-13H2,1-2H3. The van der Waals surface area contributed by atoms with Gasteiger partial charge in [0.2, 0.25) is 0 Å². The molecule has 0 aromatic heterocycles. The van der Waals surface area contributed by atoms with Crippen LogP contribution in [0.5, 0.6) is 0 Å². The minimum atomic E-state index is -3.27. The Morgan fingerprint density at radius 3 is 2.57 bits per heavy atom. The second-order valence-corrected chi connectivity index (χ2v) is 8.52. The molecule has 5 nitrogen and oxygen atoms in total. The first-order valence-electron chi connectivity index (χ1n) is 8.49. The van der Waals surface area contributed by atoms with Crippen LogP contribution in [0.15, 0.2) is 0 Å². The molecule has 0 amide bonds. The Morgan fingerprint density at radius 2 is 1.90 bits per heavy atom. The SMILES string of the molecule is CCCNCC1CCCN(S(=O)(=O)N(C)C2CCCC2)C1. The average Bonchev–Trinajstić information content (AvgIpc) is 3.01. The van der Waals surface area contributed by atoms with Gasteiger partial charge < -0.3 is 5.32 Å². The highest BCUT2D eigenvalue weighted by molar-refractivity contribution is 7.86. The maximum Gasteiger partial charge on any atom is 0.281 e. The lowest BCUT2D eigenvalue weighted by Gasteiger charge is -2.36. The molecule has 1 aliphatic carbocycles. The summed E-state index contributed by atoms with van der Waals surface area (Å²) < 4.78 is 28.9. The summed E-state index contributed by atoms with van der Waals surface area (Å²) >= 11 is 0. The van der Waals surface area contributed by atoms with Crippen LogP contribution in [0.2, 0.25) is 0 Å². The van der Waals surface area contributed by atoms with Crippen LogP contribution < -0.4 is 5.32 Å². The van der Waals surface area contributed by atoms with E-state index in [1.165, 1.54) is 0 Å². The van der Waals surface area contributed by atoms with Crippen LogP contribution in [0.3, 0.4) is 0 Å². The molecule has 1 saturated heterocycles. The fraction of sp³-hybridized carbons (Fsp3) is 1.00.